The first-order valence-corrected chi connectivity index (χ1v) is 5.62. The van der Waals surface area contributed by atoms with Crippen molar-refractivity contribution in [1.82, 2.24) is 14.8 Å². The van der Waals surface area contributed by atoms with Gasteiger partial charge >= 0.3 is 0 Å². The highest BCUT2D eigenvalue weighted by atomic mass is 79.9. The number of fused-ring (bicyclic) bond motifs is 1. The Morgan fingerprint density at radius 2 is 2.29 bits per heavy atom. The minimum atomic E-state index is 0.626. The smallest absolute Gasteiger partial charge is 0.111 e. The van der Waals surface area contributed by atoms with E-state index in [-0.39, 0.29) is 0 Å². The van der Waals surface area contributed by atoms with Crippen molar-refractivity contribution in [3.05, 3.63) is 23.1 Å². The number of nitrogens with zero attached hydrogens (tertiary/aromatic N) is 3. The molecule has 0 spiro atoms. The van der Waals surface area contributed by atoms with Gasteiger partial charge in [0, 0.05) is 11.6 Å². The zero-order valence-electron chi connectivity index (χ0n) is 7.65. The molecule has 2 heterocycles. The molecule has 0 radical (unpaired) electrons. The van der Waals surface area contributed by atoms with Crippen molar-refractivity contribution in [3.8, 4) is 0 Å². The molecule has 72 valence electrons. The second-order valence-electron chi connectivity index (χ2n) is 3.76. The molecule has 14 heavy (non-hydrogen) atoms. The van der Waals surface area contributed by atoms with Crippen LogP contribution in [0.5, 0.6) is 0 Å². The van der Waals surface area contributed by atoms with E-state index in [2.05, 4.69) is 36.9 Å². The Bertz CT molecular complexity index is 473. The van der Waals surface area contributed by atoms with E-state index in [9.17, 15) is 0 Å². The van der Waals surface area contributed by atoms with Crippen LogP contribution in [0.25, 0.3) is 10.9 Å². The first kappa shape index (κ1) is 8.41. The van der Waals surface area contributed by atoms with Gasteiger partial charge in [-0.05, 0) is 41.3 Å². The highest BCUT2D eigenvalue weighted by molar-refractivity contribution is 9.10. The lowest BCUT2D eigenvalue weighted by Crippen LogP contribution is -2.16. The third kappa shape index (κ3) is 1.25. The number of hydrogen-bond donors (Lipinski definition) is 0. The van der Waals surface area contributed by atoms with Crippen molar-refractivity contribution in [3.63, 3.8) is 0 Å². The van der Waals surface area contributed by atoms with Crippen LogP contribution < -0.4 is 0 Å². The topological polar surface area (TPSA) is 30.7 Å². The van der Waals surface area contributed by atoms with Gasteiger partial charge in [0.25, 0.3) is 0 Å². The van der Waals surface area contributed by atoms with Crippen molar-refractivity contribution in [2.75, 3.05) is 0 Å². The van der Waals surface area contributed by atoms with Gasteiger partial charge in [-0.1, -0.05) is 0 Å². The Hall–Kier alpha value is -0.900. The summed E-state index contributed by atoms with van der Waals surface area (Å²) < 4.78 is 2.96. The fourth-order valence-electron chi connectivity index (χ4n) is 1.76. The van der Waals surface area contributed by atoms with Gasteiger partial charge in [-0.3, -0.25) is 4.68 Å². The third-order valence-corrected chi connectivity index (χ3v) is 3.26. The van der Waals surface area contributed by atoms with E-state index >= 15 is 0 Å². The van der Waals surface area contributed by atoms with Crippen LogP contribution in [0.2, 0.25) is 0 Å². The molecule has 1 fully saturated rings. The van der Waals surface area contributed by atoms with Gasteiger partial charge in [-0.25, -0.2) is 4.98 Å². The van der Waals surface area contributed by atoms with Crippen LogP contribution >= 0.6 is 15.9 Å². The predicted octanol–water partition coefficient (Wildman–Crippen LogP) is 2.92. The second-order valence-corrected chi connectivity index (χ2v) is 4.57. The van der Waals surface area contributed by atoms with Crippen molar-refractivity contribution < 1.29 is 0 Å². The molecule has 0 atom stereocenters. The number of aromatic nitrogens is 3. The highest BCUT2D eigenvalue weighted by Gasteiger charge is 2.20. The minimum absolute atomic E-state index is 0.626. The Morgan fingerprint density at radius 1 is 1.43 bits per heavy atom. The predicted molar refractivity (Wildman–Crippen MR) is 58.1 cm³/mol. The van der Waals surface area contributed by atoms with E-state index in [1.165, 1.54) is 24.6 Å². The van der Waals surface area contributed by atoms with Gasteiger partial charge in [-0.15, -0.1) is 0 Å². The highest BCUT2D eigenvalue weighted by Crippen LogP contribution is 2.32. The van der Waals surface area contributed by atoms with E-state index in [1.54, 1.807) is 0 Å². The quantitative estimate of drug-likeness (QED) is 0.730. The molecule has 0 amide bonds. The van der Waals surface area contributed by atoms with E-state index in [1.807, 2.05) is 12.3 Å². The van der Waals surface area contributed by atoms with Crippen LogP contribution in [-0.2, 0) is 0 Å². The Labute approximate surface area is 90.3 Å². The first-order chi connectivity index (χ1) is 6.83. The van der Waals surface area contributed by atoms with Crippen LogP contribution in [0.1, 0.15) is 25.3 Å². The number of pyridine rings is 1. The summed E-state index contributed by atoms with van der Waals surface area (Å²) in [6.07, 6.45) is 7.80. The summed E-state index contributed by atoms with van der Waals surface area (Å²) in [6, 6.07) is 2.64. The van der Waals surface area contributed by atoms with Gasteiger partial charge < -0.3 is 0 Å². The zero-order valence-corrected chi connectivity index (χ0v) is 9.24. The van der Waals surface area contributed by atoms with E-state index in [4.69, 9.17) is 0 Å². The normalized spacial score (nSPS) is 17.2. The maximum absolute atomic E-state index is 4.51. The molecular formula is C10H10BrN3. The van der Waals surface area contributed by atoms with Crippen molar-refractivity contribution in [2.45, 2.75) is 25.3 Å². The molecule has 3 rings (SSSR count). The second kappa shape index (κ2) is 3.05. The van der Waals surface area contributed by atoms with E-state index in [0.717, 1.165) is 10.1 Å². The molecular weight excluding hydrogens is 242 g/mol. The lowest BCUT2D eigenvalue weighted by atomic mass is 9.93. The SMILES string of the molecule is Brc1cc2cn(C3CCC3)nc2cn1. The lowest BCUT2D eigenvalue weighted by molar-refractivity contribution is 0.291. The largest absolute Gasteiger partial charge is 0.268 e. The molecule has 0 aliphatic heterocycles. The molecule has 0 N–H and O–H groups in total. The summed E-state index contributed by atoms with van der Waals surface area (Å²) in [4.78, 5) is 4.16. The monoisotopic (exact) mass is 251 g/mol. The molecule has 2 aromatic heterocycles. The fraction of sp³-hybridized carbons (Fsp3) is 0.400. The average molecular weight is 252 g/mol. The fourth-order valence-corrected chi connectivity index (χ4v) is 2.11. The molecule has 0 unspecified atom stereocenters. The maximum atomic E-state index is 4.51. The van der Waals surface area contributed by atoms with Gasteiger partial charge in [0.15, 0.2) is 0 Å². The summed E-state index contributed by atoms with van der Waals surface area (Å²) in [5.41, 5.74) is 0.986. The number of halogens is 1. The number of rotatable bonds is 1. The van der Waals surface area contributed by atoms with E-state index in [0.29, 0.717) is 6.04 Å². The molecule has 1 aliphatic carbocycles. The Balaban J connectivity index is 2.10. The average Bonchev–Trinajstić information content (AvgIpc) is 2.43. The van der Waals surface area contributed by atoms with E-state index < -0.39 is 0 Å². The molecule has 0 saturated heterocycles. The third-order valence-electron chi connectivity index (χ3n) is 2.82. The Kier molecular flexibility index (Phi) is 1.83. The van der Waals surface area contributed by atoms with Gasteiger partial charge in [-0.2, -0.15) is 5.10 Å². The number of hydrogen-bond acceptors (Lipinski definition) is 2. The maximum Gasteiger partial charge on any atom is 0.111 e. The minimum Gasteiger partial charge on any atom is -0.268 e. The Morgan fingerprint density at radius 3 is 3.00 bits per heavy atom. The van der Waals surface area contributed by atoms with Crippen molar-refractivity contribution >= 4 is 26.8 Å². The summed E-state index contributed by atoms with van der Waals surface area (Å²) >= 11 is 3.36. The summed E-state index contributed by atoms with van der Waals surface area (Å²) in [7, 11) is 0. The van der Waals surface area contributed by atoms with Crippen molar-refractivity contribution in [2.24, 2.45) is 0 Å². The molecule has 0 bridgehead atoms. The lowest BCUT2D eigenvalue weighted by Gasteiger charge is -2.25. The first-order valence-electron chi connectivity index (χ1n) is 4.83. The molecule has 3 nitrogen and oxygen atoms in total. The summed E-state index contributed by atoms with van der Waals surface area (Å²) in [5.74, 6) is 0. The standard InChI is InChI=1S/C10H10BrN3/c11-10-4-7-6-14(8-2-1-3-8)13-9(7)5-12-10/h4-6,8H,1-3H2. The van der Waals surface area contributed by atoms with Gasteiger partial charge in [0.1, 0.15) is 10.1 Å². The summed E-state index contributed by atoms with van der Waals surface area (Å²) in [5, 5.41) is 5.67. The molecule has 1 aliphatic rings. The molecule has 0 aromatic carbocycles. The van der Waals surface area contributed by atoms with Gasteiger partial charge in [0.2, 0.25) is 0 Å². The zero-order chi connectivity index (χ0) is 9.54. The van der Waals surface area contributed by atoms with Crippen LogP contribution in [-0.4, -0.2) is 14.8 Å². The van der Waals surface area contributed by atoms with Crippen LogP contribution in [0.15, 0.2) is 23.1 Å². The van der Waals surface area contributed by atoms with Crippen LogP contribution in [0, 0.1) is 0 Å². The summed E-state index contributed by atoms with van der Waals surface area (Å²) in [6.45, 7) is 0. The molecule has 1 saturated carbocycles. The van der Waals surface area contributed by atoms with Gasteiger partial charge in [0.05, 0.1) is 12.2 Å². The van der Waals surface area contributed by atoms with Crippen molar-refractivity contribution in [1.29, 1.82) is 0 Å². The van der Waals surface area contributed by atoms with Crippen LogP contribution in [0.4, 0.5) is 0 Å². The molecule has 2 aromatic rings. The molecule has 4 heteroatoms. The van der Waals surface area contributed by atoms with Crippen LogP contribution in [0.3, 0.4) is 0 Å².